The summed E-state index contributed by atoms with van der Waals surface area (Å²) >= 11 is 0. The van der Waals surface area contributed by atoms with Gasteiger partial charge in [0.25, 0.3) is 5.56 Å². The molecule has 170 valence electrons. The molecular formula is C27H29N3O3. The number of pyridine rings is 2. The molecule has 1 atom stereocenters. The number of fused-ring (bicyclic) bond motifs is 5. The molecule has 0 radical (unpaired) electrons. The van der Waals surface area contributed by atoms with Crippen LogP contribution in [0, 0.1) is 20.8 Å². The summed E-state index contributed by atoms with van der Waals surface area (Å²) in [5.74, 6) is -0.199. The smallest absolute Gasteiger partial charge is 0.254 e. The van der Waals surface area contributed by atoms with E-state index in [4.69, 9.17) is 4.98 Å². The van der Waals surface area contributed by atoms with Crippen LogP contribution >= 0.6 is 0 Å². The molecule has 0 saturated heterocycles. The Labute approximate surface area is 192 Å². The lowest BCUT2D eigenvalue weighted by atomic mass is 9.77. The van der Waals surface area contributed by atoms with Gasteiger partial charge in [-0.15, -0.1) is 0 Å². The lowest BCUT2D eigenvalue weighted by Crippen LogP contribution is -2.43. The number of aromatic nitrogens is 2. The van der Waals surface area contributed by atoms with Crippen LogP contribution in [0.4, 0.5) is 0 Å². The molecule has 6 heteroatoms. The van der Waals surface area contributed by atoms with Gasteiger partial charge in [0, 0.05) is 41.6 Å². The zero-order valence-electron chi connectivity index (χ0n) is 19.9. The molecule has 1 aromatic carbocycles. The van der Waals surface area contributed by atoms with Gasteiger partial charge in [-0.2, -0.15) is 0 Å². The van der Waals surface area contributed by atoms with Crippen LogP contribution in [0.1, 0.15) is 64.3 Å². The Hall–Kier alpha value is -2.83. The molecule has 0 bridgehead atoms. The second kappa shape index (κ2) is 6.61. The standard InChI is InChI=1S/C27H29N3O3/c1-6-27(33)20-9-21-25-19(12-30(21)26(32)16(20)7-8-22(27)31)18-11-29(5)10-17-14(3)13(2)15(4)24(28-25)23(17)18/h9,33H,6-8,10-12H2,1-5H3/t27-/m0/s1. The van der Waals surface area contributed by atoms with Crippen LogP contribution < -0.4 is 5.56 Å². The molecule has 2 aromatic heterocycles. The van der Waals surface area contributed by atoms with Crippen molar-refractivity contribution in [3.63, 3.8) is 0 Å². The van der Waals surface area contributed by atoms with Gasteiger partial charge in [-0.25, -0.2) is 4.98 Å². The minimum atomic E-state index is -1.59. The summed E-state index contributed by atoms with van der Waals surface area (Å²) in [6, 6.07) is 1.87. The summed E-state index contributed by atoms with van der Waals surface area (Å²) in [5, 5.41) is 12.5. The molecule has 33 heavy (non-hydrogen) atoms. The Balaban J connectivity index is 1.71. The van der Waals surface area contributed by atoms with Crippen LogP contribution in [0.3, 0.4) is 0 Å². The molecule has 2 aliphatic heterocycles. The molecule has 0 amide bonds. The summed E-state index contributed by atoms with van der Waals surface area (Å²) < 4.78 is 1.81. The van der Waals surface area contributed by atoms with Gasteiger partial charge in [0.05, 0.1) is 23.4 Å². The van der Waals surface area contributed by atoms with E-state index in [1.54, 1.807) is 11.5 Å². The quantitative estimate of drug-likeness (QED) is 0.488. The van der Waals surface area contributed by atoms with E-state index in [9.17, 15) is 14.7 Å². The molecule has 0 fully saturated rings. The molecule has 4 heterocycles. The molecule has 0 spiro atoms. The molecule has 0 unspecified atom stereocenters. The largest absolute Gasteiger partial charge is 0.377 e. The van der Waals surface area contributed by atoms with Gasteiger partial charge in [-0.05, 0) is 74.5 Å². The number of ketones is 1. The minimum absolute atomic E-state index is 0.0930. The molecule has 6 nitrogen and oxygen atoms in total. The van der Waals surface area contributed by atoms with Crippen molar-refractivity contribution in [2.75, 3.05) is 7.05 Å². The fourth-order valence-electron chi connectivity index (χ4n) is 6.29. The Morgan fingerprint density at radius 3 is 2.42 bits per heavy atom. The summed E-state index contributed by atoms with van der Waals surface area (Å²) in [7, 11) is 2.14. The van der Waals surface area contributed by atoms with E-state index in [0.29, 0.717) is 24.1 Å². The Morgan fingerprint density at radius 2 is 1.70 bits per heavy atom. The number of Topliss-reactive ketones (excluding diaryl/α,β-unsaturated/α-hetero) is 1. The Bertz CT molecular complexity index is 1480. The third kappa shape index (κ3) is 2.48. The first-order valence-electron chi connectivity index (χ1n) is 11.8. The SMILES string of the molecule is CC[C@@]1(O)C(=O)CCc2c1cc1n(c2=O)Cc2c-1nc1c(C)c(C)c(C)c3c1c2CN(C)C3. The molecular weight excluding hydrogens is 414 g/mol. The van der Waals surface area contributed by atoms with Crippen molar-refractivity contribution in [3.8, 4) is 11.4 Å². The molecule has 1 aliphatic carbocycles. The number of rotatable bonds is 1. The van der Waals surface area contributed by atoms with Crippen LogP contribution in [0.15, 0.2) is 10.9 Å². The average Bonchev–Trinajstić information content (AvgIpc) is 3.17. The highest BCUT2D eigenvalue weighted by atomic mass is 16.3. The van der Waals surface area contributed by atoms with Gasteiger partial charge < -0.3 is 9.67 Å². The number of carbonyl (C=O) groups is 1. The van der Waals surface area contributed by atoms with E-state index < -0.39 is 5.60 Å². The van der Waals surface area contributed by atoms with Crippen molar-refractivity contribution >= 4 is 16.7 Å². The number of aliphatic hydroxyl groups is 1. The second-order valence-electron chi connectivity index (χ2n) is 10.1. The third-order valence-electron chi connectivity index (χ3n) is 8.48. The minimum Gasteiger partial charge on any atom is -0.377 e. The number of hydrogen-bond acceptors (Lipinski definition) is 5. The maximum Gasteiger partial charge on any atom is 0.254 e. The highest BCUT2D eigenvalue weighted by Crippen LogP contribution is 2.44. The van der Waals surface area contributed by atoms with Crippen molar-refractivity contribution in [2.45, 2.75) is 72.2 Å². The zero-order valence-corrected chi connectivity index (χ0v) is 19.9. The van der Waals surface area contributed by atoms with Crippen LogP contribution in [0.25, 0.3) is 22.3 Å². The highest BCUT2D eigenvalue weighted by Gasteiger charge is 2.43. The van der Waals surface area contributed by atoms with E-state index >= 15 is 0 Å². The van der Waals surface area contributed by atoms with Crippen LogP contribution in [-0.2, 0) is 36.5 Å². The van der Waals surface area contributed by atoms with E-state index in [-0.39, 0.29) is 24.2 Å². The normalized spacial score (nSPS) is 21.3. The Morgan fingerprint density at radius 1 is 0.970 bits per heavy atom. The first-order chi connectivity index (χ1) is 15.7. The van der Waals surface area contributed by atoms with Crippen molar-refractivity contribution in [3.05, 3.63) is 60.9 Å². The van der Waals surface area contributed by atoms with Gasteiger partial charge >= 0.3 is 0 Å². The van der Waals surface area contributed by atoms with Gasteiger partial charge in [0.1, 0.15) is 5.60 Å². The molecule has 1 N–H and O–H groups in total. The van der Waals surface area contributed by atoms with Crippen molar-refractivity contribution in [1.82, 2.24) is 14.5 Å². The van der Waals surface area contributed by atoms with Gasteiger partial charge in [-0.3, -0.25) is 14.5 Å². The maximum atomic E-state index is 13.6. The topological polar surface area (TPSA) is 75.4 Å². The summed E-state index contributed by atoms with van der Waals surface area (Å²) in [5.41, 5.74) is 9.39. The monoisotopic (exact) mass is 443 g/mol. The van der Waals surface area contributed by atoms with Crippen molar-refractivity contribution in [2.24, 2.45) is 0 Å². The fraction of sp³-hybridized carbons (Fsp3) is 0.444. The lowest BCUT2D eigenvalue weighted by molar-refractivity contribution is -0.140. The van der Waals surface area contributed by atoms with Crippen LogP contribution in [0.2, 0.25) is 0 Å². The fourth-order valence-corrected chi connectivity index (χ4v) is 6.29. The van der Waals surface area contributed by atoms with E-state index in [1.165, 1.54) is 33.2 Å². The molecule has 3 aliphatic rings. The molecule has 6 rings (SSSR count). The van der Waals surface area contributed by atoms with Gasteiger partial charge in [-0.1, -0.05) is 6.92 Å². The first kappa shape index (κ1) is 20.8. The summed E-state index contributed by atoms with van der Waals surface area (Å²) in [6.45, 7) is 10.5. The summed E-state index contributed by atoms with van der Waals surface area (Å²) in [4.78, 5) is 33.7. The highest BCUT2D eigenvalue weighted by molar-refractivity contribution is 5.95. The third-order valence-corrected chi connectivity index (χ3v) is 8.48. The number of nitrogens with zero attached hydrogens (tertiary/aromatic N) is 3. The van der Waals surface area contributed by atoms with Gasteiger partial charge in [0.15, 0.2) is 5.78 Å². The van der Waals surface area contributed by atoms with E-state index in [2.05, 4.69) is 32.7 Å². The van der Waals surface area contributed by atoms with E-state index in [0.717, 1.165) is 35.6 Å². The van der Waals surface area contributed by atoms with Gasteiger partial charge in [0.2, 0.25) is 0 Å². The zero-order chi connectivity index (χ0) is 23.4. The predicted octanol–water partition coefficient (Wildman–Crippen LogP) is 3.41. The van der Waals surface area contributed by atoms with Crippen molar-refractivity contribution in [1.29, 1.82) is 0 Å². The second-order valence-corrected chi connectivity index (χ2v) is 10.1. The Kier molecular flexibility index (Phi) is 4.16. The lowest BCUT2D eigenvalue weighted by Gasteiger charge is -2.32. The predicted molar refractivity (Wildman–Crippen MR) is 127 cm³/mol. The van der Waals surface area contributed by atoms with Crippen molar-refractivity contribution < 1.29 is 9.90 Å². The molecule has 0 saturated carbocycles. The van der Waals surface area contributed by atoms with Crippen LogP contribution in [-0.4, -0.2) is 32.4 Å². The molecule has 3 aromatic rings. The average molecular weight is 444 g/mol. The maximum absolute atomic E-state index is 13.6. The van der Waals surface area contributed by atoms with E-state index in [1.807, 2.05) is 6.07 Å². The number of benzene rings is 1. The van der Waals surface area contributed by atoms with Crippen LogP contribution in [0.5, 0.6) is 0 Å². The number of hydrogen-bond donors (Lipinski definition) is 1. The first-order valence-corrected chi connectivity index (χ1v) is 11.8. The number of aryl methyl sites for hydroxylation is 1. The summed E-state index contributed by atoms with van der Waals surface area (Å²) in [6.07, 6.45) is 0.855. The number of carbonyl (C=O) groups excluding carboxylic acids is 1.